The number of unbranched alkanes of at least 4 members (excludes halogenated alkanes) is 13. The summed E-state index contributed by atoms with van der Waals surface area (Å²) in [5, 5.41) is 12.6. The highest BCUT2D eigenvalue weighted by Gasteiger charge is 2.57. The minimum Gasteiger partial charge on any atom is -0.367 e. The zero-order valence-corrected chi connectivity index (χ0v) is 24.4. The van der Waals surface area contributed by atoms with Crippen LogP contribution in [0.5, 0.6) is 0 Å². The summed E-state index contributed by atoms with van der Waals surface area (Å²) in [7, 11) is 0. The van der Waals surface area contributed by atoms with Crippen molar-refractivity contribution in [2.75, 3.05) is 0 Å². The SMILES string of the molecule is CCCCCCCCCCCCCCCCn1nnnc1[C@H]1O[C@@H]2OC(C)(C)O[C@@H]2[C@H]1OCc1ccccc1. The zero-order valence-electron chi connectivity index (χ0n) is 24.4. The highest BCUT2D eigenvalue weighted by molar-refractivity contribution is 5.14. The monoisotopic (exact) mass is 542 g/mol. The third kappa shape index (κ3) is 9.34. The predicted molar refractivity (Wildman–Crippen MR) is 151 cm³/mol. The second kappa shape index (κ2) is 15.8. The summed E-state index contributed by atoms with van der Waals surface area (Å²) in [6.45, 7) is 7.31. The molecule has 0 spiro atoms. The maximum absolute atomic E-state index is 6.38. The second-order valence-corrected chi connectivity index (χ2v) is 11.6. The molecule has 2 fully saturated rings. The first-order chi connectivity index (χ1) is 19.1. The van der Waals surface area contributed by atoms with E-state index >= 15 is 0 Å². The van der Waals surface area contributed by atoms with Crippen LogP contribution in [-0.2, 0) is 32.1 Å². The van der Waals surface area contributed by atoms with Gasteiger partial charge in [0.25, 0.3) is 0 Å². The number of fused-ring (bicyclic) bond motifs is 1. The second-order valence-electron chi connectivity index (χ2n) is 11.6. The van der Waals surface area contributed by atoms with Gasteiger partial charge in [-0.25, -0.2) is 4.68 Å². The van der Waals surface area contributed by atoms with Gasteiger partial charge in [0, 0.05) is 6.54 Å². The number of nitrogens with zero attached hydrogens (tertiary/aromatic N) is 4. The van der Waals surface area contributed by atoms with Crippen LogP contribution in [0.1, 0.15) is 128 Å². The molecule has 1 aromatic carbocycles. The molecule has 0 unspecified atom stereocenters. The summed E-state index contributed by atoms with van der Waals surface area (Å²) >= 11 is 0. The maximum atomic E-state index is 6.38. The Labute approximate surface area is 235 Å². The van der Waals surface area contributed by atoms with Crippen molar-refractivity contribution in [1.82, 2.24) is 20.2 Å². The first-order valence-electron chi connectivity index (χ1n) is 15.5. The van der Waals surface area contributed by atoms with Gasteiger partial charge in [-0.2, -0.15) is 0 Å². The summed E-state index contributed by atoms with van der Waals surface area (Å²) in [4.78, 5) is 0. The van der Waals surface area contributed by atoms with Crippen LogP contribution in [0.2, 0.25) is 0 Å². The first kappa shape index (κ1) is 30.1. The Bertz CT molecular complexity index is 938. The number of hydrogen-bond acceptors (Lipinski definition) is 7. The third-order valence-electron chi connectivity index (χ3n) is 7.81. The fourth-order valence-electron chi connectivity index (χ4n) is 5.67. The largest absolute Gasteiger partial charge is 0.367 e. The van der Waals surface area contributed by atoms with Crippen LogP contribution in [0.4, 0.5) is 0 Å². The summed E-state index contributed by atoms with van der Waals surface area (Å²) in [6, 6.07) is 10.1. The predicted octanol–water partition coefficient (Wildman–Crippen LogP) is 7.29. The smallest absolute Gasteiger partial charge is 0.190 e. The van der Waals surface area contributed by atoms with Gasteiger partial charge in [-0.05, 0) is 36.3 Å². The summed E-state index contributed by atoms with van der Waals surface area (Å²) in [6.07, 6.45) is 17.1. The lowest BCUT2D eigenvalue weighted by Gasteiger charge is -2.25. The van der Waals surface area contributed by atoms with Crippen LogP contribution in [0.15, 0.2) is 30.3 Å². The average molecular weight is 543 g/mol. The van der Waals surface area contributed by atoms with Gasteiger partial charge in [0.1, 0.15) is 12.2 Å². The number of hydrogen-bond donors (Lipinski definition) is 0. The maximum Gasteiger partial charge on any atom is 0.190 e. The molecule has 3 heterocycles. The Morgan fingerprint density at radius 1 is 0.821 bits per heavy atom. The molecule has 1 aromatic heterocycles. The van der Waals surface area contributed by atoms with E-state index in [0.717, 1.165) is 18.5 Å². The highest BCUT2D eigenvalue weighted by Crippen LogP contribution is 2.44. The fourth-order valence-corrected chi connectivity index (χ4v) is 5.67. The molecule has 2 aliphatic rings. The first-order valence-corrected chi connectivity index (χ1v) is 15.5. The van der Waals surface area contributed by atoms with Gasteiger partial charge in [-0.3, -0.25) is 0 Å². The third-order valence-corrected chi connectivity index (χ3v) is 7.81. The zero-order chi connectivity index (χ0) is 27.3. The molecule has 2 aliphatic heterocycles. The van der Waals surface area contributed by atoms with E-state index in [9.17, 15) is 0 Å². The minimum atomic E-state index is -0.713. The van der Waals surface area contributed by atoms with Crippen molar-refractivity contribution < 1.29 is 18.9 Å². The topological polar surface area (TPSA) is 80.5 Å². The van der Waals surface area contributed by atoms with Crippen molar-refractivity contribution in [2.24, 2.45) is 0 Å². The van der Waals surface area contributed by atoms with Crippen molar-refractivity contribution in [3.05, 3.63) is 41.7 Å². The molecule has 4 rings (SSSR count). The van der Waals surface area contributed by atoms with Crippen LogP contribution in [0, 0.1) is 0 Å². The summed E-state index contributed by atoms with van der Waals surface area (Å²) in [5.74, 6) is -0.0309. The Morgan fingerprint density at radius 2 is 1.44 bits per heavy atom. The number of aromatic nitrogens is 4. The Balaban J connectivity index is 1.17. The van der Waals surface area contributed by atoms with Crippen molar-refractivity contribution in [2.45, 2.75) is 154 Å². The summed E-state index contributed by atoms with van der Waals surface area (Å²) in [5.41, 5.74) is 1.10. The molecule has 0 N–H and O–H groups in total. The van der Waals surface area contributed by atoms with Crippen LogP contribution >= 0.6 is 0 Å². The van der Waals surface area contributed by atoms with Gasteiger partial charge in [0.05, 0.1) is 6.61 Å². The number of tetrazole rings is 1. The van der Waals surface area contributed by atoms with Gasteiger partial charge in [-0.15, -0.1) is 5.10 Å². The van der Waals surface area contributed by atoms with E-state index in [-0.39, 0.29) is 12.2 Å². The van der Waals surface area contributed by atoms with Crippen molar-refractivity contribution in [1.29, 1.82) is 0 Å². The van der Waals surface area contributed by atoms with Gasteiger partial charge < -0.3 is 18.9 Å². The molecule has 0 aliphatic carbocycles. The lowest BCUT2D eigenvalue weighted by atomic mass is 10.0. The number of aryl methyl sites for hydroxylation is 1. The van der Waals surface area contributed by atoms with E-state index in [1.54, 1.807) is 0 Å². The number of rotatable bonds is 19. The van der Waals surface area contributed by atoms with E-state index in [1.165, 1.54) is 83.5 Å². The van der Waals surface area contributed by atoms with Gasteiger partial charge >= 0.3 is 0 Å². The normalized spacial score (nSPS) is 23.9. The van der Waals surface area contributed by atoms with Crippen LogP contribution in [0.3, 0.4) is 0 Å². The molecule has 0 saturated carbocycles. The Kier molecular flexibility index (Phi) is 12.2. The quantitative estimate of drug-likeness (QED) is 0.172. The van der Waals surface area contributed by atoms with E-state index in [4.69, 9.17) is 18.9 Å². The molecule has 0 radical (unpaired) electrons. The molecule has 2 aromatic rings. The molecule has 8 heteroatoms. The van der Waals surface area contributed by atoms with Gasteiger partial charge in [0.2, 0.25) is 0 Å². The molecule has 8 nitrogen and oxygen atoms in total. The van der Waals surface area contributed by atoms with E-state index in [0.29, 0.717) is 12.4 Å². The van der Waals surface area contributed by atoms with Crippen LogP contribution < -0.4 is 0 Å². The lowest BCUT2D eigenvalue weighted by Crippen LogP contribution is -2.34. The van der Waals surface area contributed by atoms with E-state index in [2.05, 4.69) is 34.6 Å². The molecule has 39 heavy (non-hydrogen) atoms. The van der Waals surface area contributed by atoms with E-state index in [1.807, 2.05) is 36.7 Å². The van der Waals surface area contributed by atoms with Crippen molar-refractivity contribution in [3.8, 4) is 0 Å². The molecule has 2 saturated heterocycles. The standard InChI is InChI=1S/C31H50N4O4/c1-4-5-6-7-8-9-10-11-12-13-14-15-16-20-23-35-29(32-33-34-35)27-26(36-24-25-21-18-17-19-22-25)28-30(37-27)39-31(2,3)38-28/h17-19,21-22,26-28,30H,4-16,20,23-24H2,1-3H3/t26-,27-,28+,30+/m0/s1. The van der Waals surface area contributed by atoms with Crippen molar-refractivity contribution in [3.63, 3.8) is 0 Å². The number of benzene rings is 1. The Hall–Kier alpha value is -1.87. The Morgan fingerprint density at radius 3 is 2.08 bits per heavy atom. The molecule has 0 amide bonds. The summed E-state index contributed by atoms with van der Waals surface area (Å²) < 4.78 is 26.7. The highest BCUT2D eigenvalue weighted by atomic mass is 16.8. The average Bonchev–Trinajstić information content (AvgIpc) is 3.60. The van der Waals surface area contributed by atoms with Gasteiger partial charge in [0.15, 0.2) is 24.0 Å². The van der Waals surface area contributed by atoms with Gasteiger partial charge in [-0.1, -0.05) is 121 Å². The fraction of sp³-hybridized carbons (Fsp3) is 0.774. The van der Waals surface area contributed by atoms with Crippen LogP contribution in [0.25, 0.3) is 0 Å². The number of ether oxygens (including phenoxy) is 4. The molecule has 4 atom stereocenters. The lowest BCUT2D eigenvalue weighted by molar-refractivity contribution is -0.221. The molecular weight excluding hydrogens is 492 g/mol. The van der Waals surface area contributed by atoms with E-state index < -0.39 is 18.2 Å². The molecule has 0 bridgehead atoms. The van der Waals surface area contributed by atoms with Crippen LogP contribution in [-0.4, -0.2) is 44.5 Å². The van der Waals surface area contributed by atoms with Crippen molar-refractivity contribution >= 4 is 0 Å². The molecular formula is C31H50N4O4. The molecule has 218 valence electrons. The minimum absolute atomic E-state index is 0.333.